The molecule has 40 heavy (non-hydrogen) atoms. The van der Waals surface area contributed by atoms with Crippen LogP contribution in [0.5, 0.6) is 5.75 Å². The Bertz CT molecular complexity index is 1320. The summed E-state index contributed by atoms with van der Waals surface area (Å²) in [5, 5.41) is 2.99. The van der Waals surface area contributed by atoms with Gasteiger partial charge in [0, 0.05) is 57.7 Å². The van der Waals surface area contributed by atoms with Gasteiger partial charge in [0.25, 0.3) is 0 Å². The van der Waals surface area contributed by atoms with Crippen LogP contribution < -0.4 is 15.8 Å². The molecule has 3 N–H and O–H groups in total. The molecule has 2 aromatic rings. The molecule has 2 atom stereocenters. The van der Waals surface area contributed by atoms with Crippen LogP contribution >= 0.6 is 31.9 Å². The van der Waals surface area contributed by atoms with E-state index in [0.29, 0.717) is 84.7 Å². The third-order valence-electron chi connectivity index (χ3n) is 8.02. The van der Waals surface area contributed by atoms with E-state index in [1.165, 1.54) is 0 Å². The van der Waals surface area contributed by atoms with Crippen LogP contribution in [0.4, 0.5) is 16.2 Å². The van der Waals surface area contributed by atoms with E-state index in [2.05, 4.69) is 37.2 Å². The van der Waals surface area contributed by atoms with Gasteiger partial charge in [0.2, 0.25) is 5.91 Å². The van der Waals surface area contributed by atoms with E-state index >= 15 is 0 Å². The number of rotatable bonds is 7. The number of piperidine rings is 1. The zero-order chi connectivity index (χ0) is 28.0. The van der Waals surface area contributed by atoms with E-state index in [0.717, 1.165) is 11.3 Å². The van der Waals surface area contributed by atoms with Crippen LogP contribution in [0.15, 0.2) is 39.3 Å². The summed E-state index contributed by atoms with van der Waals surface area (Å²) in [6, 6.07) is 8.93. The Morgan fingerprint density at radius 1 is 1.05 bits per heavy atom. The van der Waals surface area contributed by atoms with Crippen LogP contribution in [0.3, 0.4) is 0 Å². The first-order chi connectivity index (χ1) is 19.3. The molecule has 3 heterocycles. The Balaban J connectivity index is 1.02. The van der Waals surface area contributed by atoms with Gasteiger partial charge in [-0.1, -0.05) is 0 Å². The number of nitrogen functional groups attached to an aromatic ring is 1. The number of ether oxygens (including phenoxy) is 3. The highest BCUT2D eigenvalue weighted by molar-refractivity contribution is 9.11. The SMILES string of the molecule is Nc1c(Br)cc(C(=O)C2CC2C(=O)N2CCC(N3Cc4cc(OCC5OCCO5)ccc4NC3=O)CC2)cc1Br. The molecule has 212 valence electrons. The van der Waals surface area contributed by atoms with Gasteiger partial charge < -0.3 is 35.1 Å². The number of nitrogens with zero attached hydrogens (tertiary/aromatic N) is 2. The van der Waals surface area contributed by atoms with Crippen LogP contribution in [0, 0.1) is 11.8 Å². The Morgan fingerprint density at radius 2 is 1.75 bits per heavy atom. The molecule has 0 radical (unpaired) electrons. The van der Waals surface area contributed by atoms with Crippen molar-refractivity contribution in [2.75, 3.05) is 44.0 Å². The highest BCUT2D eigenvalue weighted by atomic mass is 79.9. The van der Waals surface area contributed by atoms with Crippen LogP contribution in [0.2, 0.25) is 0 Å². The fourth-order valence-electron chi connectivity index (χ4n) is 5.65. The number of nitrogens with two attached hydrogens (primary N) is 1. The average Bonchev–Trinajstić information content (AvgIpc) is 3.59. The molecule has 2 unspecified atom stereocenters. The monoisotopic (exact) mass is 676 g/mol. The predicted molar refractivity (Wildman–Crippen MR) is 154 cm³/mol. The molecule has 3 aliphatic heterocycles. The van der Waals surface area contributed by atoms with Crippen molar-refractivity contribution in [1.82, 2.24) is 9.80 Å². The number of anilines is 2. The van der Waals surface area contributed by atoms with Gasteiger partial charge in [0.15, 0.2) is 12.1 Å². The van der Waals surface area contributed by atoms with Gasteiger partial charge in [-0.3, -0.25) is 9.59 Å². The summed E-state index contributed by atoms with van der Waals surface area (Å²) in [5.74, 6) is 0.0883. The molecule has 12 heteroatoms. The number of urea groups is 1. The number of ketones is 1. The van der Waals surface area contributed by atoms with Gasteiger partial charge in [-0.25, -0.2) is 4.79 Å². The van der Waals surface area contributed by atoms with Gasteiger partial charge in [-0.05, 0) is 87.0 Å². The number of nitrogens with one attached hydrogen (secondary N) is 1. The van der Waals surface area contributed by atoms with Crippen molar-refractivity contribution >= 4 is 61.0 Å². The molecule has 0 bridgehead atoms. The number of likely N-dealkylation sites (tertiary alicyclic amines) is 1. The fourth-order valence-corrected chi connectivity index (χ4v) is 6.83. The Morgan fingerprint density at radius 3 is 2.45 bits per heavy atom. The number of benzene rings is 2. The van der Waals surface area contributed by atoms with Crippen LogP contribution in [0.25, 0.3) is 0 Å². The lowest BCUT2D eigenvalue weighted by Crippen LogP contribution is -2.51. The van der Waals surface area contributed by atoms with Gasteiger partial charge in [-0.2, -0.15) is 0 Å². The molecule has 0 aromatic heterocycles. The Kier molecular flexibility index (Phi) is 7.77. The summed E-state index contributed by atoms with van der Waals surface area (Å²) in [7, 11) is 0. The first kappa shape index (κ1) is 27.5. The topological polar surface area (TPSA) is 123 Å². The number of halogens is 2. The van der Waals surface area contributed by atoms with Crippen molar-refractivity contribution in [3.05, 3.63) is 50.4 Å². The highest BCUT2D eigenvalue weighted by Crippen LogP contribution is 2.44. The minimum absolute atomic E-state index is 0.0168. The van der Waals surface area contributed by atoms with E-state index in [-0.39, 0.29) is 41.9 Å². The molecule has 3 amide bonds. The average molecular weight is 678 g/mol. The zero-order valence-corrected chi connectivity index (χ0v) is 24.9. The lowest BCUT2D eigenvalue weighted by atomic mass is 10.00. The number of amides is 3. The maximum Gasteiger partial charge on any atom is 0.322 e. The van der Waals surface area contributed by atoms with Crippen molar-refractivity contribution in [1.29, 1.82) is 0 Å². The Labute approximate surface area is 248 Å². The number of carbonyl (C=O) groups is 3. The van der Waals surface area contributed by atoms with Crippen LogP contribution in [-0.2, 0) is 20.8 Å². The molecular weight excluding hydrogens is 648 g/mol. The van der Waals surface area contributed by atoms with Gasteiger partial charge in [0.05, 0.1) is 18.9 Å². The second-order valence-corrected chi connectivity index (χ2v) is 12.3. The summed E-state index contributed by atoms with van der Waals surface area (Å²) in [4.78, 5) is 42.8. The van der Waals surface area contributed by atoms with E-state index in [1.807, 2.05) is 28.0 Å². The first-order valence-electron chi connectivity index (χ1n) is 13.4. The van der Waals surface area contributed by atoms with Gasteiger partial charge in [-0.15, -0.1) is 0 Å². The largest absolute Gasteiger partial charge is 0.488 e. The maximum absolute atomic E-state index is 13.2. The molecule has 3 fully saturated rings. The Hall–Kier alpha value is -2.67. The zero-order valence-electron chi connectivity index (χ0n) is 21.7. The summed E-state index contributed by atoms with van der Waals surface area (Å²) in [6.45, 7) is 3.04. The number of hydrogen-bond donors (Lipinski definition) is 2. The van der Waals surface area contributed by atoms with Crippen molar-refractivity contribution in [2.24, 2.45) is 11.8 Å². The van der Waals surface area contributed by atoms with Crippen molar-refractivity contribution in [3.63, 3.8) is 0 Å². The van der Waals surface area contributed by atoms with E-state index in [1.54, 1.807) is 12.1 Å². The predicted octanol–water partition coefficient (Wildman–Crippen LogP) is 4.40. The summed E-state index contributed by atoms with van der Waals surface area (Å²) in [5.41, 5.74) is 8.77. The molecular formula is C28H30Br2N4O6. The third-order valence-corrected chi connectivity index (χ3v) is 9.33. The quantitative estimate of drug-likeness (QED) is 0.329. The first-order valence-corrected chi connectivity index (χ1v) is 15.0. The molecule has 4 aliphatic rings. The number of Topliss-reactive ketones (excluding diaryl/α,β-unsaturated/α-hetero) is 1. The van der Waals surface area contributed by atoms with E-state index < -0.39 is 0 Å². The van der Waals surface area contributed by atoms with Gasteiger partial charge in [0.1, 0.15) is 12.4 Å². The lowest BCUT2D eigenvalue weighted by molar-refractivity contribution is -0.134. The minimum atomic E-state index is -0.355. The molecule has 10 nitrogen and oxygen atoms in total. The highest BCUT2D eigenvalue weighted by Gasteiger charge is 2.50. The van der Waals surface area contributed by atoms with Crippen molar-refractivity contribution in [2.45, 2.75) is 38.1 Å². The molecule has 2 aromatic carbocycles. The normalized spacial score (nSPS) is 23.1. The molecule has 2 saturated heterocycles. The molecule has 1 saturated carbocycles. The van der Waals surface area contributed by atoms with Gasteiger partial charge >= 0.3 is 6.03 Å². The number of carbonyl (C=O) groups excluding carboxylic acids is 3. The maximum atomic E-state index is 13.2. The van der Waals surface area contributed by atoms with Crippen molar-refractivity contribution in [3.8, 4) is 5.75 Å². The molecule has 6 rings (SSSR count). The van der Waals surface area contributed by atoms with E-state index in [9.17, 15) is 14.4 Å². The second kappa shape index (κ2) is 11.3. The summed E-state index contributed by atoms with van der Waals surface area (Å²) < 4.78 is 18.0. The minimum Gasteiger partial charge on any atom is -0.488 e. The summed E-state index contributed by atoms with van der Waals surface area (Å²) >= 11 is 6.77. The van der Waals surface area contributed by atoms with Crippen molar-refractivity contribution < 1.29 is 28.6 Å². The summed E-state index contributed by atoms with van der Waals surface area (Å²) in [6.07, 6.45) is 1.58. The number of fused-ring (bicyclic) bond motifs is 1. The fraction of sp³-hybridized carbons (Fsp3) is 0.464. The third kappa shape index (κ3) is 5.59. The van der Waals surface area contributed by atoms with E-state index in [4.69, 9.17) is 19.9 Å². The smallest absolute Gasteiger partial charge is 0.322 e. The van der Waals surface area contributed by atoms with Crippen LogP contribution in [-0.4, -0.2) is 72.8 Å². The molecule has 1 aliphatic carbocycles. The van der Waals surface area contributed by atoms with Crippen LogP contribution in [0.1, 0.15) is 35.2 Å². The standard InChI is InChI=1S/C28H30Br2N4O6/c29-21-10-15(11-22(30)25(21)31)26(35)19-12-20(19)27(36)33-5-3-17(4-6-33)34-13-16-9-18(1-2-23(16)32-28(34)37)40-14-24-38-7-8-39-24/h1-2,9-11,17,19-20,24H,3-8,12-14,31H2,(H,32,37). The lowest BCUT2D eigenvalue weighted by Gasteiger charge is -2.40. The number of hydrogen-bond acceptors (Lipinski definition) is 7. The molecule has 0 spiro atoms. The second-order valence-electron chi connectivity index (χ2n) is 10.6.